The van der Waals surface area contributed by atoms with Crippen LogP contribution in [0.4, 0.5) is 0 Å². The Balaban J connectivity index is 2.50. The molecule has 0 spiro atoms. The van der Waals surface area contributed by atoms with Gasteiger partial charge >= 0.3 is 5.97 Å². The van der Waals surface area contributed by atoms with Crippen molar-refractivity contribution >= 4 is 14.3 Å². The van der Waals surface area contributed by atoms with E-state index in [0.717, 1.165) is 5.82 Å². The summed E-state index contributed by atoms with van der Waals surface area (Å²) in [7, 11) is -0.363. The number of aromatic nitrogens is 2. The number of rotatable bonds is 5. The molecule has 1 aromatic heterocycles. The van der Waals surface area contributed by atoms with Crippen LogP contribution in [0.15, 0.2) is 6.20 Å². The molecule has 108 valence electrons. The molecule has 1 rings (SSSR count). The van der Waals surface area contributed by atoms with E-state index in [4.69, 9.17) is 4.43 Å². The second kappa shape index (κ2) is 5.88. The second-order valence-electron chi connectivity index (χ2n) is 6.09. The lowest BCUT2D eigenvalue weighted by molar-refractivity contribution is 0.0594. The molecule has 1 heterocycles. The van der Waals surface area contributed by atoms with Gasteiger partial charge in [-0.3, -0.25) is 0 Å². The van der Waals surface area contributed by atoms with Crippen LogP contribution in [0.5, 0.6) is 0 Å². The van der Waals surface area contributed by atoms with Gasteiger partial charge in [-0.2, -0.15) is 0 Å². The molecule has 0 unspecified atom stereocenters. The monoisotopic (exact) mass is 284 g/mol. The van der Waals surface area contributed by atoms with Gasteiger partial charge in [-0.25, -0.2) is 9.78 Å². The van der Waals surface area contributed by atoms with Crippen molar-refractivity contribution in [3.05, 3.63) is 17.7 Å². The number of methoxy groups -OCH3 is 1. The van der Waals surface area contributed by atoms with Crippen molar-refractivity contribution in [3.63, 3.8) is 0 Å². The van der Waals surface area contributed by atoms with Crippen LogP contribution in [0, 0.1) is 0 Å². The Hall–Kier alpha value is -1.14. The van der Waals surface area contributed by atoms with Gasteiger partial charge < -0.3 is 14.1 Å². The Kier molecular flexibility index (Phi) is 4.92. The van der Waals surface area contributed by atoms with Crippen molar-refractivity contribution in [2.75, 3.05) is 13.7 Å². The third kappa shape index (κ3) is 4.17. The fourth-order valence-electron chi connectivity index (χ4n) is 1.32. The first-order valence-corrected chi connectivity index (χ1v) is 9.34. The number of imidazole rings is 1. The minimum Gasteiger partial charge on any atom is -0.464 e. The molecule has 0 amide bonds. The van der Waals surface area contributed by atoms with E-state index >= 15 is 0 Å². The van der Waals surface area contributed by atoms with Crippen LogP contribution in [-0.2, 0) is 15.6 Å². The average Bonchev–Trinajstić information content (AvgIpc) is 2.75. The van der Waals surface area contributed by atoms with Gasteiger partial charge in [0, 0.05) is 13.0 Å². The highest BCUT2D eigenvalue weighted by atomic mass is 28.4. The molecule has 0 bridgehead atoms. The highest BCUT2D eigenvalue weighted by molar-refractivity contribution is 6.74. The summed E-state index contributed by atoms with van der Waals surface area (Å²) in [5.41, 5.74) is 0.379. The molecule has 0 saturated heterocycles. The van der Waals surface area contributed by atoms with E-state index < -0.39 is 14.3 Å². The summed E-state index contributed by atoms with van der Waals surface area (Å²) in [4.78, 5) is 18.4. The van der Waals surface area contributed by atoms with Crippen LogP contribution in [0.25, 0.3) is 0 Å². The highest BCUT2D eigenvalue weighted by Crippen LogP contribution is 2.36. The zero-order valence-corrected chi connectivity index (χ0v) is 13.7. The van der Waals surface area contributed by atoms with Crippen LogP contribution in [0.3, 0.4) is 0 Å². The second-order valence-corrected chi connectivity index (χ2v) is 10.9. The maximum Gasteiger partial charge on any atom is 0.356 e. The van der Waals surface area contributed by atoms with Crippen LogP contribution >= 0.6 is 0 Å². The molecule has 0 aliphatic heterocycles. The molecular formula is C13H24N2O3Si. The molecule has 1 N–H and O–H groups in total. The molecule has 0 aliphatic carbocycles. The van der Waals surface area contributed by atoms with E-state index in [2.05, 4.69) is 48.6 Å². The molecule has 0 aliphatic rings. The maximum absolute atomic E-state index is 11.3. The first kappa shape index (κ1) is 15.9. The lowest BCUT2D eigenvalue weighted by Gasteiger charge is -2.36. The molecule has 5 nitrogen and oxygen atoms in total. The molecule has 0 radical (unpaired) electrons. The standard InChI is InChI=1S/C13H24N2O3Si/c1-13(2,3)19(5,6)18-8-7-11-14-9-10(15-11)12(16)17-4/h9H,7-8H2,1-6H3,(H,14,15). The Bertz CT molecular complexity index is 435. The summed E-state index contributed by atoms with van der Waals surface area (Å²) < 4.78 is 10.7. The summed E-state index contributed by atoms with van der Waals surface area (Å²) in [6.07, 6.45) is 2.16. The summed E-state index contributed by atoms with van der Waals surface area (Å²) in [5, 5.41) is 0.202. The summed E-state index contributed by atoms with van der Waals surface area (Å²) in [6, 6.07) is 0. The third-order valence-corrected chi connectivity index (χ3v) is 8.18. The zero-order chi connectivity index (χ0) is 14.7. The summed E-state index contributed by atoms with van der Waals surface area (Å²) in [6.45, 7) is 11.7. The molecule has 0 fully saturated rings. The minimum absolute atomic E-state index is 0.202. The number of carbonyl (C=O) groups is 1. The van der Waals surface area contributed by atoms with Crippen molar-refractivity contribution in [3.8, 4) is 0 Å². The molecular weight excluding hydrogens is 260 g/mol. The molecule has 0 atom stereocenters. The number of aromatic amines is 1. The van der Waals surface area contributed by atoms with E-state index in [-0.39, 0.29) is 5.04 Å². The van der Waals surface area contributed by atoms with E-state index in [9.17, 15) is 4.79 Å². The number of ether oxygens (including phenoxy) is 1. The molecule has 0 saturated carbocycles. The van der Waals surface area contributed by atoms with Crippen molar-refractivity contribution in [1.29, 1.82) is 0 Å². The minimum atomic E-state index is -1.71. The van der Waals surface area contributed by atoms with Gasteiger partial charge in [-0.1, -0.05) is 20.8 Å². The normalized spacial score (nSPS) is 12.5. The largest absolute Gasteiger partial charge is 0.464 e. The van der Waals surface area contributed by atoms with Gasteiger partial charge in [0.2, 0.25) is 0 Å². The fraction of sp³-hybridized carbons (Fsp3) is 0.692. The number of nitrogens with zero attached hydrogens (tertiary/aromatic N) is 1. The van der Waals surface area contributed by atoms with Crippen molar-refractivity contribution in [2.45, 2.75) is 45.3 Å². The summed E-state index contributed by atoms with van der Waals surface area (Å²) in [5.74, 6) is 0.350. The van der Waals surface area contributed by atoms with Crippen molar-refractivity contribution in [1.82, 2.24) is 9.97 Å². The zero-order valence-electron chi connectivity index (χ0n) is 12.7. The van der Waals surface area contributed by atoms with E-state index in [0.29, 0.717) is 18.7 Å². The topological polar surface area (TPSA) is 64.2 Å². The van der Waals surface area contributed by atoms with Gasteiger partial charge in [-0.05, 0) is 18.1 Å². The number of esters is 1. The number of H-pyrrole nitrogens is 1. The first-order valence-electron chi connectivity index (χ1n) is 6.43. The molecule has 0 aromatic carbocycles. The lowest BCUT2D eigenvalue weighted by Crippen LogP contribution is -2.41. The Morgan fingerprint density at radius 3 is 2.58 bits per heavy atom. The van der Waals surface area contributed by atoms with Gasteiger partial charge in [0.05, 0.1) is 13.3 Å². The predicted molar refractivity (Wildman–Crippen MR) is 76.8 cm³/mol. The molecule has 6 heteroatoms. The van der Waals surface area contributed by atoms with Crippen molar-refractivity contribution in [2.24, 2.45) is 0 Å². The number of hydrogen-bond acceptors (Lipinski definition) is 4. The maximum atomic E-state index is 11.3. The van der Waals surface area contributed by atoms with E-state index in [1.807, 2.05) is 0 Å². The Morgan fingerprint density at radius 2 is 2.05 bits per heavy atom. The van der Waals surface area contributed by atoms with Crippen LogP contribution in [0.1, 0.15) is 37.1 Å². The smallest absolute Gasteiger partial charge is 0.356 e. The Labute approximate surface area is 115 Å². The predicted octanol–water partition coefficient (Wildman–Crippen LogP) is 2.76. The average molecular weight is 284 g/mol. The number of hydrogen-bond donors (Lipinski definition) is 1. The van der Waals surface area contributed by atoms with Crippen LogP contribution in [-0.4, -0.2) is 38.0 Å². The van der Waals surface area contributed by atoms with Crippen LogP contribution in [0.2, 0.25) is 18.1 Å². The first-order chi connectivity index (χ1) is 8.67. The quantitative estimate of drug-likeness (QED) is 0.667. The van der Waals surface area contributed by atoms with Gasteiger partial charge in [0.15, 0.2) is 8.32 Å². The number of carbonyl (C=O) groups excluding carboxylic acids is 1. The van der Waals surface area contributed by atoms with Gasteiger partial charge in [0.25, 0.3) is 0 Å². The van der Waals surface area contributed by atoms with Crippen molar-refractivity contribution < 1.29 is 14.0 Å². The Morgan fingerprint density at radius 1 is 1.42 bits per heavy atom. The SMILES string of the molecule is COC(=O)c1cnc(CCO[Si](C)(C)C(C)(C)C)[nH]1. The lowest BCUT2D eigenvalue weighted by atomic mass is 10.2. The fourth-order valence-corrected chi connectivity index (χ4v) is 2.37. The molecule has 19 heavy (non-hydrogen) atoms. The van der Waals surface area contributed by atoms with Gasteiger partial charge in [-0.15, -0.1) is 0 Å². The third-order valence-electron chi connectivity index (χ3n) is 3.64. The van der Waals surface area contributed by atoms with E-state index in [1.165, 1.54) is 13.3 Å². The van der Waals surface area contributed by atoms with Crippen LogP contribution < -0.4 is 0 Å². The number of nitrogens with one attached hydrogen (secondary N) is 1. The molecule has 1 aromatic rings. The highest BCUT2D eigenvalue weighted by Gasteiger charge is 2.36. The summed E-state index contributed by atoms with van der Waals surface area (Å²) >= 11 is 0. The van der Waals surface area contributed by atoms with E-state index in [1.54, 1.807) is 0 Å². The van der Waals surface area contributed by atoms with Gasteiger partial charge in [0.1, 0.15) is 11.5 Å².